The van der Waals surface area contributed by atoms with Gasteiger partial charge in [-0.2, -0.15) is 0 Å². The van der Waals surface area contributed by atoms with Gasteiger partial charge in [-0.3, -0.25) is 0 Å². The highest BCUT2D eigenvalue weighted by Crippen LogP contribution is 2.73. The van der Waals surface area contributed by atoms with Gasteiger partial charge in [0.15, 0.2) is 0 Å². The van der Waals surface area contributed by atoms with Crippen molar-refractivity contribution < 1.29 is 4.74 Å². The van der Waals surface area contributed by atoms with Gasteiger partial charge in [0.05, 0.1) is 7.11 Å². The number of methoxy groups -OCH3 is 1. The van der Waals surface area contributed by atoms with Crippen LogP contribution in [0.2, 0.25) is 0 Å². The fraction of sp³-hybridized carbons (Fsp3) is 0.806. The van der Waals surface area contributed by atoms with Gasteiger partial charge >= 0.3 is 0 Å². The Balaban J connectivity index is 1.91. The van der Waals surface area contributed by atoms with Crippen molar-refractivity contribution in [3.8, 4) is 5.75 Å². The molecule has 0 amide bonds. The number of hydrogen-bond donors (Lipinski definition) is 0. The predicted octanol–water partition coefficient (Wildman–Crippen LogP) is 8.83. The molecule has 1 nitrogen and oxygen atoms in total. The number of rotatable bonds is 3. The fourth-order valence-corrected chi connectivity index (χ4v) is 9.83. The first-order valence-electron chi connectivity index (χ1n) is 13.5. The maximum Gasteiger partial charge on any atom is 0.125 e. The van der Waals surface area contributed by atoms with Gasteiger partial charge in [0.1, 0.15) is 5.75 Å². The van der Waals surface area contributed by atoms with Crippen molar-refractivity contribution in [1.82, 2.24) is 0 Å². The Labute approximate surface area is 199 Å². The smallest absolute Gasteiger partial charge is 0.125 e. The first-order chi connectivity index (χ1) is 14.8. The van der Waals surface area contributed by atoms with Gasteiger partial charge in [0.25, 0.3) is 0 Å². The third-order valence-corrected chi connectivity index (χ3v) is 11.6. The molecule has 0 aromatic heterocycles. The normalized spacial score (nSPS) is 43.1. The zero-order valence-corrected chi connectivity index (χ0v) is 23.1. The standard InChI is InChI=1S/C31H50O/c1-16(2)14-30(10)18(4)13-24-27-20(6)19(5)26-23(9)29(32-12)22(8)21(7)28(26)25(27)17(3)15-31(24,30)11/h16-20,24-25,27H,13-15H2,1-12H3. The molecule has 9 unspecified atom stereocenters. The van der Waals surface area contributed by atoms with Crippen LogP contribution < -0.4 is 4.74 Å². The summed E-state index contributed by atoms with van der Waals surface area (Å²) in [7, 11) is 1.85. The van der Waals surface area contributed by atoms with E-state index >= 15 is 0 Å². The molecule has 3 aliphatic rings. The third-order valence-electron chi connectivity index (χ3n) is 11.6. The molecular formula is C31H50O. The first-order valence-corrected chi connectivity index (χ1v) is 13.5. The molecule has 4 rings (SSSR count). The predicted molar refractivity (Wildman–Crippen MR) is 138 cm³/mol. The van der Waals surface area contributed by atoms with Crippen LogP contribution in [0.4, 0.5) is 0 Å². The number of hydrogen-bond acceptors (Lipinski definition) is 1. The van der Waals surface area contributed by atoms with Crippen LogP contribution in [0.5, 0.6) is 5.75 Å². The van der Waals surface area contributed by atoms with E-state index in [0.717, 1.165) is 41.3 Å². The van der Waals surface area contributed by atoms with Crippen LogP contribution in [0.1, 0.15) is 114 Å². The van der Waals surface area contributed by atoms with Crippen LogP contribution in [0.3, 0.4) is 0 Å². The summed E-state index contributed by atoms with van der Waals surface area (Å²) in [6.07, 6.45) is 4.18. The Kier molecular flexibility index (Phi) is 5.87. The Bertz CT molecular complexity index is 896. The van der Waals surface area contributed by atoms with Gasteiger partial charge in [0, 0.05) is 0 Å². The molecule has 3 aliphatic carbocycles. The molecule has 32 heavy (non-hydrogen) atoms. The summed E-state index contributed by atoms with van der Waals surface area (Å²) in [6.45, 7) is 27.5. The summed E-state index contributed by atoms with van der Waals surface area (Å²) in [5, 5.41) is 0. The Morgan fingerprint density at radius 2 is 1.56 bits per heavy atom. The van der Waals surface area contributed by atoms with Crippen LogP contribution in [-0.2, 0) is 0 Å². The minimum atomic E-state index is 0.452. The van der Waals surface area contributed by atoms with E-state index in [9.17, 15) is 0 Å². The molecule has 180 valence electrons. The molecular weight excluding hydrogens is 388 g/mol. The molecule has 0 spiro atoms. The van der Waals surface area contributed by atoms with E-state index in [4.69, 9.17) is 4.74 Å². The van der Waals surface area contributed by atoms with Crippen molar-refractivity contribution in [3.63, 3.8) is 0 Å². The molecule has 1 heteroatoms. The third kappa shape index (κ3) is 2.94. The number of ether oxygens (including phenoxy) is 1. The summed E-state index contributed by atoms with van der Waals surface area (Å²) in [5.41, 5.74) is 8.55. The van der Waals surface area contributed by atoms with E-state index in [-0.39, 0.29) is 0 Å². The molecule has 2 saturated carbocycles. The molecule has 1 aromatic rings. The van der Waals surface area contributed by atoms with Crippen molar-refractivity contribution >= 4 is 0 Å². The van der Waals surface area contributed by atoms with E-state index < -0.39 is 0 Å². The topological polar surface area (TPSA) is 9.23 Å². The molecule has 0 aliphatic heterocycles. The number of fused-ring (bicyclic) bond motifs is 5. The lowest BCUT2D eigenvalue weighted by Crippen LogP contribution is -2.52. The molecule has 1 aromatic carbocycles. The molecule has 0 heterocycles. The highest BCUT2D eigenvalue weighted by atomic mass is 16.5. The van der Waals surface area contributed by atoms with Crippen LogP contribution in [-0.4, -0.2) is 7.11 Å². The Morgan fingerprint density at radius 1 is 0.938 bits per heavy atom. The zero-order valence-electron chi connectivity index (χ0n) is 23.1. The molecule has 9 atom stereocenters. The Morgan fingerprint density at radius 3 is 2.12 bits per heavy atom. The second-order valence-electron chi connectivity index (χ2n) is 13.3. The Hall–Kier alpha value is -0.980. The average molecular weight is 439 g/mol. The van der Waals surface area contributed by atoms with Gasteiger partial charge in [-0.05, 0) is 126 Å². The maximum atomic E-state index is 5.93. The van der Waals surface area contributed by atoms with Crippen LogP contribution in [0, 0.1) is 67.1 Å². The lowest BCUT2D eigenvalue weighted by molar-refractivity contribution is -0.0745. The van der Waals surface area contributed by atoms with Gasteiger partial charge in [-0.25, -0.2) is 0 Å². The maximum absolute atomic E-state index is 5.93. The quantitative estimate of drug-likeness (QED) is 0.458. The molecule has 0 radical (unpaired) electrons. The monoisotopic (exact) mass is 438 g/mol. The lowest BCUT2D eigenvalue weighted by Gasteiger charge is -2.60. The second kappa shape index (κ2) is 7.78. The van der Waals surface area contributed by atoms with Crippen molar-refractivity contribution in [3.05, 3.63) is 27.8 Å². The summed E-state index contributed by atoms with van der Waals surface area (Å²) in [5.74, 6) is 7.11. The van der Waals surface area contributed by atoms with Crippen molar-refractivity contribution in [2.24, 2.45) is 46.3 Å². The highest BCUT2D eigenvalue weighted by Gasteiger charge is 2.65. The van der Waals surface area contributed by atoms with Crippen LogP contribution in [0.25, 0.3) is 0 Å². The van der Waals surface area contributed by atoms with Crippen molar-refractivity contribution in [1.29, 1.82) is 0 Å². The zero-order chi connectivity index (χ0) is 23.9. The van der Waals surface area contributed by atoms with E-state index in [0.29, 0.717) is 22.7 Å². The number of benzene rings is 1. The van der Waals surface area contributed by atoms with Gasteiger partial charge in [-0.1, -0.05) is 55.4 Å². The van der Waals surface area contributed by atoms with Crippen LogP contribution in [0.15, 0.2) is 0 Å². The van der Waals surface area contributed by atoms with E-state index in [1.165, 1.54) is 36.0 Å². The minimum Gasteiger partial charge on any atom is -0.496 e. The van der Waals surface area contributed by atoms with Gasteiger partial charge < -0.3 is 4.74 Å². The lowest BCUT2D eigenvalue weighted by atomic mass is 9.44. The molecule has 0 N–H and O–H groups in total. The van der Waals surface area contributed by atoms with E-state index in [1.807, 2.05) is 7.11 Å². The van der Waals surface area contributed by atoms with E-state index in [1.54, 1.807) is 11.1 Å². The summed E-state index contributed by atoms with van der Waals surface area (Å²) < 4.78 is 5.93. The summed E-state index contributed by atoms with van der Waals surface area (Å²) in [4.78, 5) is 0. The summed E-state index contributed by atoms with van der Waals surface area (Å²) in [6, 6.07) is 0. The van der Waals surface area contributed by atoms with Gasteiger partial charge in [-0.15, -0.1) is 0 Å². The van der Waals surface area contributed by atoms with Crippen LogP contribution >= 0.6 is 0 Å². The van der Waals surface area contributed by atoms with Crippen molar-refractivity contribution in [2.75, 3.05) is 7.11 Å². The van der Waals surface area contributed by atoms with E-state index in [2.05, 4.69) is 76.2 Å². The van der Waals surface area contributed by atoms with Gasteiger partial charge in [0.2, 0.25) is 0 Å². The highest BCUT2D eigenvalue weighted by molar-refractivity contribution is 5.58. The summed E-state index contributed by atoms with van der Waals surface area (Å²) >= 11 is 0. The molecule has 0 saturated heterocycles. The molecule has 0 bridgehead atoms. The first kappa shape index (κ1) is 24.2. The average Bonchev–Trinajstić information content (AvgIpc) is 2.88. The van der Waals surface area contributed by atoms with Crippen molar-refractivity contribution in [2.45, 2.75) is 107 Å². The largest absolute Gasteiger partial charge is 0.496 e. The second-order valence-corrected chi connectivity index (χ2v) is 13.3. The molecule has 2 fully saturated rings. The fourth-order valence-electron chi connectivity index (χ4n) is 9.83. The SMILES string of the molecule is COc1c(C)c(C)c2c(c1C)C(C)C(C)C1C2C(C)CC2(C)C1CC(C)C2(C)CC(C)C. The minimum absolute atomic E-state index is 0.452.